The van der Waals surface area contributed by atoms with Crippen LogP contribution in [0.5, 0.6) is 0 Å². The molecule has 0 amide bonds. The van der Waals surface area contributed by atoms with E-state index in [4.69, 9.17) is 4.74 Å². The Morgan fingerprint density at radius 1 is 1.15 bits per heavy atom. The van der Waals surface area contributed by atoms with Gasteiger partial charge in [0.2, 0.25) is 0 Å². The fourth-order valence-electron chi connectivity index (χ4n) is 2.83. The van der Waals surface area contributed by atoms with E-state index in [1.807, 2.05) is 36.4 Å². The maximum Gasteiger partial charge on any atom is 0.306 e. The van der Waals surface area contributed by atoms with Crippen LogP contribution in [0.3, 0.4) is 0 Å². The first-order valence-electron chi connectivity index (χ1n) is 8.76. The molecule has 0 aliphatic carbocycles. The Balaban J connectivity index is 1.16. The van der Waals surface area contributed by atoms with Crippen LogP contribution >= 0.6 is 23.1 Å². The molecule has 2 aromatic carbocycles. The number of ether oxygens (including phenoxy) is 1. The molecular weight excluding hydrogens is 364 g/mol. The number of para-hydroxylation sites is 1. The summed E-state index contributed by atoms with van der Waals surface area (Å²) >= 11 is 3.47. The second-order valence-electron chi connectivity index (χ2n) is 6.25. The van der Waals surface area contributed by atoms with Crippen molar-refractivity contribution in [3.05, 3.63) is 54.6 Å². The molecule has 4 nitrogen and oxygen atoms in total. The van der Waals surface area contributed by atoms with Crippen molar-refractivity contribution in [1.82, 2.24) is 4.98 Å². The molecule has 0 atom stereocenters. The van der Waals surface area contributed by atoms with Crippen LogP contribution in [-0.4, -0.2) is 35.9 Å². The molecule has 0 N–H and O–H groups in total. The minimum absolute atomic E-state index is 0.00344. The highest BCUT2D eigenvalue weighted by Gasteiger charge is 2.31. The van der Waals surface area contributed by atoms with Crippen molar-refractivity contribution in [2.24, 2.45) is 0 Å². The van der Waals surface area contributed by atoms with Gasteiger partial charge in [0.05, 0.1) is 23.3 Å². The molecule has 0 saturated carbocycles. The molecule has 0 unspecified atom stereocenters. The molecule has 1 aromatic heterocycles. The number of thioether (sulfide) groups is 1. The van der Waals surface area contributed by atoms with Crippen molar-refractivity contribution in [3.8, 4) is 0 Å². The summed E-state index contributed by atoms with van der Waals surface area (Å²) in [5, 5.41) is 1.01. The molecule has 6 heteroatoms. The van der Waals surface area contributed by atoms with Crippen molar-refractivity contribution in [1.29, 1.82) is 0 Å². The lowest BCUT2D eigenvalue weighted by atomic mass is 10.2. The molecule has 0 spiro atoms. The van der Waals surface area contributed by atoms with Crippen molar-refractivity contribution >= 4 is 44.4 Å². The van der Waals surface area contributed by atoms with Gasteiger partial charge < -0.3 is 9.64 Å². The van der Waals surface area contributed by atoms with Gasteiger partial charge in [-0.1, -0.05) is 41.7 Å². The van der Waals surface area contributed by atoms with Crippen LogP contribution in [0.1, 0.15) is 12.8 Å². The quantitative estimate of drug-likeness (QED) is 0.338. The molecule has 0 radical (unpaired) electrons. The van der Waals surface area contributed by atoms with Gasteiger partial charge in [-0.2, -0.15) is 0 Å². The van der Waals surface area contributed by atoms with Crippen molar-refractivity contribution in [3.63, 3.8) is 0 Å². The Morgan fingerprint density at radius 2 is 1.92 bits per heavy atom. The van der Waals surface area contributed by atoms with Gasteiger partial charge in [-0.3, -0.25) is 4.79 Å². The van der Waals surface area contributed by atoms with Crippen molar-refractivity contribution in [2.75, 3.05) is 23.7 Å². The summed E-state index contributed by atoms with van der Waals surface area (Å²) in [6.45, 7) is 1.48. The SMILES string of the molecule is O=C(CCCSc1ccccc1)OC1CN(c2nc3ccccc3s2)C1. The number of aromatic nitrogens is 1. The lowest BCUT2D eigenvalue weighted by molar-refractivity contribution is -0.150. The van der Waals surface area contributed by atoms with E-state index in [2.05, 4.69) is 28.1 Å². The zero-order valence-corrected chi connectivity index (χ0v) is 16.0. The van der Waals surface area contributed by atoms with Gasteiger partial charge in [-0.15, -0.1) is 11.8 Å². The lowest BCUT2D eigenvalue weighted by Gasteiger charge is -2.38. The molecule has 0 bridgehead atoms. The fraction of sp³-hybridized carbons (Fsp3) is 0.300. The van der Waals surface area contributed by atoms with E-state index in [0.29, 0.717) is 6.42 Å². The minimum Gasteiger partial charge on any atom is -0.459 e. The first-order chi connectivity index (χ1) is 12.8. The zero-order chi connectivity index (χ0) is 17.8. The highest BCUT2D eigenvalue weighted by Crippen LogP contribution is 2.31. The number of nitrogens with zero attached hydrogens (tertiary/aromatic N) is 2. The number of benzene rings is 2. The maximum absolute atomic E-state index is 12.0. The predicted octanol–water partition coefficient (Wildman–Crippen LogP) is 4.60. The summed E-state index contributed by atoms with van der Waals surface area (Å²) < 4.78 is 6.74. The topological polar surface area (TPSA) is 42.4 Å². The summed E-state index contributed by atoms with van der Waals surface area (Å²) in [6.07, 6.45) is 1.32. The third-order valence-corrected chi connectivity index (χ3v) is 6.43. The molecule has 26 heavy (non-hydrogen) atoms. The van der Waals surface area contributed by atoms with E-state index in [0.717, 1.165) is 35.9 Å². The second kappa shape index (κ2) is 8.10. The Labute approximate surface area is 161 Å². The normalized spacial score (nSPS) is 14.4. The van der Waals surface area contributed by atoms with Crippen LogP contribution in [0.15, 0.2) is 59.5 Å². The Morgan fingerprint density at radius 3 is 2.73 bits per heavy atom. The van der Waals surface area contributed by atoms with Crippen molar-refractivity contribution in [2.45, 2.75) is 23.8 Å². The molecule has 3 aromatic rings. The standard InChI is InChI=1S/C20H20N2O2S2/c23-19(11-6-12-25-16-7-2-1-3-8-16)24-15-13-22(14-15)20-21-17-9-4-5-10-18(17)26-20/h1-5,7-10,15H,6,11-14H2. The van der Waals surface area contributed by atoms with Gasteiger partial charge in [0.1, 0.15) is 6.10 Å². The van der Waals surface area contributed by atoms with E-state index in [1.54, 1.807) is 23.1 Å². The monoisotopic (exact) mass is 384 g/mol. The van der Waals surface area contributed by atoms with E-state index >= 15 is 0 Å². The van der Waals surface area contributed by atoms with Crippen LogP contribution in [-0.2, 0) is 9.53 Å². The molecule has 1 saturated heterocycles. The van der Waals surface area contributed by atoms with E-state index in [1.165, 1.54) is 9.60 Å². The number of hydrogen-bond donors (Lipinski definition) is 0. The third-order valence-electron chi connectivity index (χ3n) is 4.24. The molecule has 134 valence electrons. The second-order valence-corrected chi connectivity index (χ2v) is 8.42. The summed E-state index contributed by atoms with van der Waals surface area (Å²) in [6, 6.07) is 18.4. The van der Waals surface area contributed by atoms with Gasteiger partial charge in [0.25, 0.3) is 0 Å². The largest absolute Gasteiger partial charge is 0.459 e. The molecule has 2 heterocycles. The summed E-state index contributed by atoms with van der Waals surface area (Å²) in [5.41, 5.74) is 1.03. The van der Waals surface area contributed by atoms with Crippen molar-refractivity contribution < 1.29 is 9.53 Å². The van der Waals surface area contributed by atoms with Crippen LogP contribution < -0.4 is 4.90 Å². The highest BCUT2D eigenvalue weighted by atomic mass is 32.2. The van der Waals surface area contributed by atoms with E-state index in [9.17, 15) is 4.79 Å². The minimum atomic E-state index is -0.0902. The first-order valence-corrected chi connectivity index (χ1v) is 10.6. The molecule has 1 aliphatic rings. The van der Waals surface area contributed by atoms with Crippen LogP contribution in [0.4, 0.5) is 5.13 Å². The molecule has 1 aliphatic heterocycles. The summed E-state index contributed by atoms with van der Waals surface area (Å²) in [4.78, 5) is 20.0. The average molecular weight is 385 g/mol. The molecule has 4 rings (SSSR count). The van der Waals surface area contributed by atoms with Crippen LogP contribution in [0.2, 0.25) is 0 Å². The van der Waals surface area contributed by atoms with Gasteiger partial charge in [0.15, 0.2) is 5.13 Å². The van der Waals surface area contributed by atoms with Gasteiger partial charge >= 0.3 is 5.97 Å². The summed E-state index contributed by atoms with van der Waals surface area (Å²) in [7, 11) is 0. The van der Waals surface area contributed by atoms with Gasteiger partial charge in [-0.25, -0.2) is 4.98 Å². The number of carbonyl (C=O) groups excluding carboxylic acids is 1. The maximum atomic E-state index is 12.0. The Kier molecular flexibility index (Phi) is 5.41. The number of carbonyl (C=O) groups is 1. The smallest absolute Gasteiger partial charge is 0.306 e. The Bertz CT molecular complexity index is 843. The third kappa shape index (κ3) is 4.19. The summed E-state index contributed by atoms with van der Waals surface area (Å²) in [5.74, 6) is 0.842. The zero-order valence-electron chi connectivity index (χ0n) is 14.3. The number of thiazole rings is 1. The van der Waals surface area contributed by atoms with E-state index in [-0.39, 0.29) is 12.1 Å². The number of fused-ring (bicyclic) bond motifs is 1. The van der Waals surface area contributed by atoms with Gasteiger partial charge in [0, 0.05) is 11.3 Å². The number of esters is 1. The molecule has 1 fully saturated rings. The fourth-order valence-corrected chi connectivity index (χ4v) is 4.69. The van der Waals surface area contributed by atoms with Crippen LogP contribution in [0.25, 0.3) is 10.2 Å². The average Bonchev–Trinajstić information content (AvgIpc) is 3.06. The Hall–Kier alpha value is -2.05. The lowest BCUT2D eigenvalue weighted by Crippen LogP contribution is -2.53. The molecular formula is C20H20N2O2S2. The number of rotatable bonds is 7. The predicted molar refractivity (Wildman–Crippen MR) is 108 cm³/mol. The van der Waals surface area contributed by atoms with E-state index < -0.39 is 0 Å². The highest BCUT2D eigenvalue weighted by molar-refractivity contribution is 7.99. The van der Waals surface area contributed by atoms with Crippen LogP contribution in [0, 0.1) is 0 Å². The number of hydrogen-bond acceptors (Lipinski definition) is 6. The number of anilines is 1. The first kappa shape index (κ1) is 17.4. The van der Waals surface area contributed by atoms with Gasteiger partial charge in [-0.05, 0) is 36.4 Å².